The van der Waals surface area contributed by atoms with Gasteiger partial charge in [0.05, 0.1) is 43.6 Å². The molecule has 9 nitrogen and oxygen atoms in total. The predicted octanol–water partition coefficient (Wildman–Crippen LogP) is 4.47. The van der Waals surface area contributed by atoms with Crippen LogP contribution >= 0.6 is 0 Å². The first-order valence-corrected chi connectivity index (χ1v) is 13.5. The number of aromatic nitrogens is 3. The first kappa shape index (κ1) is 26.7. The molecule has 3 aliphatic rings. The van der Waals surface area contributed by atoms with Crippen LogP contribution in [-0.4, -0.2) is 64.3 Å². The van der Waals surface area contributed by atoms with Gasteiger partial charge in [-0.25, -0.2) is 14.4 Å². The summed E-state index contributed by atoms with van der Waals surface area (Å²) in [6.07, 6.45) is -1.48. The van der Waals surface area contributed by atoms with Crippen LogP contribution in [0.25, 0.3) is 16.6 Å². The number of nitrogens with one attached hydrogen (secondary N) is 1. The number of halogens is 4. The van der Waals surface area contributed by atoms with Gasteiger partial charge >= 0.3 is 6.18 Å². The van der Waals surface area contributed by atoms with Gasteiger partial charge in [0.25, 0.3) is 5.91 Å². The Morgan fingerprint density at radius 1 is 1.07 bits per heavy atom. The van der Waals surface area contributed by atoms with E-state index in [1.807, 2.05) is 0 Å². The van der Waals surface area contributed by atoms with Gasteiger partial charge in [-0.1, -0.05) is 6.07 Å². The van der Waals surface area contributed by atoms with Gasteiger partial charge in [-0.05, 0) is 35.4 Å². The fraction of sp³-hybridized carbons (Fsp3) is 0.345. The predicted molar refractivity (Wildman–Crippen MR) is 142 cm³/mol. The van der Waals surface area contributed by atoms with Crippen LogP contribution in [0.1, 0.15) is 32.7 Å². The summed E-state index contributed by atoms with van der Waals surface area (Å²) in [6, 6.07) is 6.45. The first-order chi connectivity index (χ1) is 20.3. The highest BCUT2D eigenvalue weighted by molar-refractivity contribution is 6.04. The number of carbonyl (C=O) groups is 1. The third kappa shape index (κ3) is 4.62. The second kappa shape index (κ2) is 10.2. The van der Waals surface area contributed by atoms with Crippen molar-refractivity contribution in [1.82, 2.24) is 19.3 Å². The first-order valence-electron chi connectivity index (χ1n) is 13.5. The van der Waals surface area contributed by atoms with Crippen molar-refractivity contribution in [3.8, 4) is 16.9 Å². The van der Waals surface area contributed by atoms with E-state index in [9.17, 15) is 22.4 Å². The van der Waals surface area contributed by atoms with E-state index in [4.69, 9.17) is 14.2 Å². The summed E-state index contributed by atoms with van der Waals surface area (Å²) in [6.45, 7) is 1.64. The Kier molecular flexibility index (Phi) is 6.50. The van der Waals surface area contributed by atoms with Gasteiger partial charge in [-0.15, -0.1) is 0 Å². The molecule has 0 bridgehead atoms. The third-order valence-electron chi connectivity index (χ3n) is 7.81. The van der Waals surface area contributed by atoms with E-state index in [-0.39, 0.29) is 37.8 Å². The number of benzene rings is 2. The molecule has 0 radical (unpaired) electrons. The van der Waals surface area contributed by atoms with Crippen LogP contribution in [0.2, 0.25) is 0 Å². The number of nitrogens with zero attached hydrogens (tertiary/aromatic N) is 4. The van der Waals surface area contributed by atoms with Crippen LogP contribution in [0.3, 0.4) is 0 Å². The molecule has 1 N–H and O–H groups in total. The van der Waals surface area contributed by atoms with Crippen molar-refractivity contribution in [2.24, 2.45) is 0 Å². The number of hydrogen-bond acceptors (Lipinski definition) is 7. The largest absolute Gasteiger partial charge is 0.493 e. The minimum absolute atomic E-state index is 0.0864. The lowest BCUT2D eigenvalue weighted by Crippen LogP contribution is -2.43. The van der Waals surface area contributed by atoms with Gasteiger partial charge in [0.2, 0.25) is 5.95 Å². The molecule has 5 heterocycles. The summed E-state index contributed by atoms with van der Waals surface area (Å²) >= 11 is 0. The minimum Gasteiger partial charge on any atom is -0.493 e. The second-order valence-electron chi connectivity index (χ2n) is 10.4. The Morgan fingerprint density at radius 2 is 1.95 bits per heavy atom. The van der Waals surface area contributed by atoms with Crippen molar-refractivity contribution >= 4 is 17.4 Å². The molecule has 1 amide bonds. The molecule has 0 spiro atoms. The SMILES string of the molecule is O=C1c2ncn3c(NCc4c(F)ccc5c4CCO5)ncc(c23)-c2ccc(C(F)(F)F)cc2CN1CC1COCCO1. The van der Waals surface area contributed by atoms with E-state index < -0.39 is 23.8 Å². The summed E-state index contributed by atoms with van der Waals surface area (Å²) < 4.78 is 74.3. The maximum Gasteiger partial charge on any atom is 0.416 e. The fourth-order valence-corrected chi connectivity index (χ4v) is 5.80. The summed E-state index contributed by atoms with van der Waals surface area (Å²) in [7, 11) is 0. The fourth-order valence-electron chi connectivity index (χ4n) is 5.80. The number of ether oxygens (including phenoxy) is 3. The van der Waals surface area contributed by atoms with Gasteiger partial charge in [0, 0.05) is 48.9 Å². The number of carbonyl (C=O) groups excluding carboxylic acids is 1. The van der Waals surface area contributed by atoms with Gasteiger partial charge in [0.1, 0.15) is 17.9 Å². The number of rotatable bonds is 5. The zero-order valence-corrected chi connectivity index (χ0v) is 22.2. The van der Waals surface area contributed by atoms with Crippen LogP contribution in [0, 0.1) is 5.82 Å². The monoisotopic (exact) mass is 583 g/mol. The number of anilines is 1. The third-order valence-corrected chi connectivity index (χ3v) is 7.81. The molecule has 1 atom stereocenters. The van der Waals surface area contributed by atoms with Gasteiger partial charge in [0.15, 0.2) is 5.69 Å². The Bertz CT molecular complexity index is 1700. The summed E-state index contributed by atoms with van der Waals surface area (Å²) in [4.78, 5) is 24.3. The maximum atomic E-state index is 14.8. The summed E-state index contributed by atoms with van der Waals surface area (Å²) in [5, 5.41) is 3.15. The van der Waals surface area contributed by atoms with Crippen molar-refractivity contribution in [2.45, 2.75) is 31.8 Å². The standard InChI is InChI=1S/C29H25F4N5O4/c30-23-3-4-24-20(5-6-42-24)21(23)10-34-28-35-11-22-19-2-1-17(29(31,32)33)9-16(19)12-37(13-18-14-40-7-8-41-18)27(39)25-26(22)38(28)15-36-25/h1-4,9,11,15,18H,5-8,10,12-14H2,(H,34,35). The normalized spacial score (nSPS) is 18.3. The number of imidazole rings is 1. The molecule has 1 fully saturated rings. The Morgan fingerprint density at radius 3 is 2.76 bits per heavy atom. The number of fused-ring (bicyclic) bond motifs is 3. The van der Waals surface area contributed by atoms with Crippen LogP contribution in [0.5, 0.6) is 5.75 Å². The summed E-state index contributed by atoms with van der Waals surface area (Å²) in [5.41, 5.74) is 2.19. The molecule has 13 heteroatoms. The molecule has 1 saturated heterocycles. The van der Waals surface area contributed by atoms with Crippen LogP contribution in [0.15, 0.2) is 42.9 Å². The van der Waals surface area contributed by atoms with Crippen molar-refractivity contribution in [3.63, 3.8) is 0 Å². The lowest BCUT2D eigenvalue weighted by molar-refractivity contribution is -0.137. The molecular formula is C29H25F4N5O4. The zero-order valence-electron chi connectivity index (χ0n) is 22.2. The van der Waals surface area contributed by atoms with Crippen LogP contribution in [-0.2, 0) is 35.2 Å². The molecule has 4 aromatic rings. The topological polar surface area (TPSA) is 90.2 Å². The quantitative estimate of drug-likeness (QED) is 0.347. The highest BCUT2D eigenvalue weighted by Crippen LogP contribution is 2.38. The van der Waals surface area contributed by atoms with E-state index in [0.29, 0.717) is 65.7 Å². The number of hydrogen-bond donors (Lipinski definition) is 1. The Balaban J connectivity index is 1.32. The van der Waals surface area contributed by atoms with E-state index in [1.165, 1.54) is 29.6 Å². The van der Waals surface area contributed by atoms with Crippen molar-refractivity contribution in [3.05, 3.63) is 76.6 Å². The highest BCUT2D eigenvalue weighted by Gasteiger charge is 2.34. The van der Waals surface area contributed by atoms with Crippen molar-refractivity contribution < 1.29 is 36.6 Å². The molecular weight excluding hydrogens is 558 g/mol. The molecule has 2 aromatic carbocycles. The molecule has 7 rings (SSSR count). The minimum atomic E-state index is -4.56. The lowest BCUT2D eigenvalue weighted by Gasteiger charge is -2.31. The molecule has 0 saturated carbocycles. The van der Waals surface area contributed by atoms with Crippen molar-refractivity contribution in [1.29, 1.82) is 0 Å². The van der Waals surface area contributed by atoms with E-state index >= 15 is 0 Å². The zero-order chi connectivity index (χ0) is 29.0. The van der Waals surface area contributed by atoms with Crippen molar-refractivity contribution in [2.75, 3.05) is 38.3 Å². The smallest absolute Gasteiger partial charge is 0.416 e. The van der Waals surface area contributed by atoms with Gasteiger partial charge in [-0.2, -0.15) is 13.2 Å². The molecule has 42 heavy (non-hydrogen) atoms. The molecule has 0 aliphatic carbocycles. The average Bonchev–Trinajstić information content (AvgIpc) is 3.64. The summed E-state index contributed by atoms with van der Waals surface area (Å²) in [5.74, 6) is 0.0917. The molecule has 2 aromatic heterocycles. The van der Waals surface area contributed by atoms with Gasteiger partial charge in [-0.3, -0.25) is 9.20 Å². The number of amides is 1. The van der Waals surface area contributed by atoms with E-state index in [1.54, 1.807) is 10.5 Å². The van der Waals surface area contributed by atoms with Crippen LogP contribution < -0.4 is 10.1 Å². The Hall–Kier alpha value is -4.23. The Labute approximate surface area is 237 Å². The maximum absolute atomic E-state index is 14.8. The highest BCUT2D eigenvalue weighted by atomic mass is 19.4. The number of alkyl halides is 3. The molecule has 3 aliphatic heterocycles. The van der Waals surface area contributed by atoms with E-state index in [2.05, 4.69) is 15.3 Å². The molecule has 218 valence electrons. The molecule has 1 unspecified atom stereocenters. The lowest BCUT2D eigenvalue weighted by atomic mass is 9.95. The van der Waals surface area contributed by atoms with Gasteiger partial charge < -0.3 is 24.4 Å². The average molecular weight is 584 g/mol. The van der Waals surface area contributed by atoms with Crippen LogP contribution in [0.4, 0.5) is 23.5 Å². The second-order valence-corrected chi connectivity index (χ2v) is 10.4. The van der Waals surface area contributed by atoms with E-state index in [0.717, 1.165) is 17.7 Å².